The molecule has 0 unspecified atom stereocenters. The van der Waals surface area contributed by atoms with Crippen LogP contribution in [0, 0.1) is 18.3 Å². The molecule has 0 spiro atoms. The van der Waals surface area contributed by atoms with Gasteiger partial charge in [-0.15, -0.1) is 0 Å². The molecule has 0 fully saturated rings. The molecule has 21 heavy (non-hydrogen) atoms. The molecule has 0 bridgehead atoms. The molecule has 1 aliphatic rings. The second-order valence-corrected chi connectivity index (χ2v) is 7.53. The SMILES string of the molecule is Cc1cc2c(n1CCOCCC(C)C)CC(C)(C)CC2=O. The Kier molecular flexibility index (Phi) is 4.92. The predicted molar refractivity (Wildman–Crippen MR) is 85.9 cm³/mol. The number of ether oxygens (including phenoxy) is 1. The molecule has 0 saturated carbocycles. The number of aryl methyl sites for hydroxylation is 1. The first-order chi connectivity index (χ1) is 9.80. The zero-order valence-corrected chi connectivity index (χ0v) is 14.2. The lowest BCUT2D eigenvalue weighted by Crippen LogP contribution is -2.28. The van der Waals surface area contributed by atoms with Crippen molar-refractivity contribution >= 4 is 5.78 Å². The van der Waals surface area contributed by atoms with E-state index in [1.807, 2.05) is 0 Å². The molecular formula is C18H29NO2. The summed E-state index contributed by atoms with van der Waals surface area (Å²) in [4.78, 5) is 12.3. The number of nitrogens with zero attached hydrogens (tertiary/aromatic N) is 1. The number of hydrogen-bond acceptors (Lipinski definition) is 2. The fourth-order valence-electron chi connectivity index (χ4n) is 3.09. The number of aromatic nitrogens is 1. The molecule has 1 aliphatic carbocycles. The second kappa shape index (κ2) is 6.35. The maximum absolute atomic E-state index is 12.3. The second-order valence-electron chi connectivity index (χ2n) is 7.53. The summed E-state index contributed by atoms with van der Waals surface area (Å²) in [6, 6.07) is 2.06. The van der Waals surface area contributed by atoms with E-state index >= 15 is 0 Å². The van der Waals surface area contributed by atoms with Crippen molar-refractivity contribution in [2.24, 2.45) is 11.3 Å². The molecule has 0 N–H and O–H groups in total. The van der Waals surface area contributed by atoms with Crippen LogP contribution >= 0.6 is 0 Å². The van der Waals surface area contributed by atoms with Crippen LogP contribution in [-0.4, -0.2) is 23.6 Å². The number of hydrogen-bond donors (Lipinski definition) is 0. The number of Topliss-reactive ketones (excluding diaryl/α,β-unsaturated/α-hetero) is 1. The first-order valence-corrected chi connectivity index (χ1v) is 8.10. The summed E-state index contributed by atoms with van der Waals surface area (Å²) in [7, 11) is 0. The van der Waals surface area contributed by atoms with Gasteiger partial charge >= 0.3 is 0 Å². The summed E-state index contributed by atoms with van der Waals surface area (Å²) < 4.78 is 8.02. The molecule has 3 nitrogen and oxygen atoms in total. The Balaban J connectivity index is 2.03. The van der Waals surface area contributed by atoms with Gasteiger partial charge in [0.15, 0.2) is 5.78 Å². The van der Waals surface area contributed by atoms with Crippen LogP contribution in [0.15, 0.2) is 6.07 Å². The first kappa shape index (κ1) is 16.3. The van der Waals surface area contributed by atoms with Gasteiger partial charge in [-0.2, -0.15) is 0 Å². The van der Waals surface area contributed by atoms with Crippen LogP contribution in [-0.2, 0) is 17.7 Å². The van der Waals surface area contributed by atoms with Crippen molar-refractivity contribution in [1.29, 1.82) is 0 Å². The highest BCUT2D eigenvalue weighted by molar-refractivity contribution is 5.99. The van der Waals surface area contributed by atoms with E-state index in [-0.39, 0.29) is 5.41 Å². The van der Waals surface area contributed by atoms with Crippen LogP contribution in [0.5, 0.6) is 0 Å². The minimum Gasteiger partial charge on any atom is -0.380 e. The molecule has 0 radical (unpaired) electrons. The maximum Gasteiger partial charge on any atom is 0.165 e. The summed E-state index contributed by atoms with van der Waals surface area (Å²) in [5.74, 6) is 0.980. The quantitative estimate of drug-likeness (QED) is 0.741. The Morgan fingerprint density at radius 3 is 2.67 bits per heavy atom. The lowest BCUT2D eigenvalue weighted by atomic mass is 9.76. The molecule has 0 atom stereocenters. The Morgan fingerprint density at radius 1 is 1.29 bits per heavy atom. The van der Waals surface area contributed by atoms with Crippen molar-refractivity contribution in [1.82, 2.24) is 4.57 Å². The fourth-order valence-corrected chi connectivity index (χ4v) is 3.09. The van der Waals surface area contributed by atoms with Crippen molar-refractivity contribution in [3.63, 3.8) is 0 Å². The largest absolute Gasteiger partial charge is 0.380 e. The smallest absolute Gasteiger partial charge is 0.165 e. The third-order valence-corrected chi connectivity index (χ3v) is 4.30. The minimum atomic E-state index is 0.0745. The topological polar surface area (TPSA) is 31.2 Å². The number of ketones is 1. The van der Waals surface area contributed by atoms with E-state index < -0.39 is 0 Å². The van der Waals surface area contributed by atoms with Crippen molar-refractivity contribution in [3.05, 3.63) is 23.0 Å². The van der Waals surface area contributed by atoms with E-state index in [0.29, 0.717) is 18.1 Å². The van der Waals surface area contributed by atoms with Gasteiger partial charge in [0.25, 0.3) is 0 Å². The Morgan fingerprint density at radius 2 is 2.00 bits per heavy atom. The average Bonchev–Trinajstić information content (AvgIpc) is 2.65. The standard InChI is InChI=1S/C18H29NO2/c1-13(2)6-8-21-9-7-19-14(3)10-15-16(19)11-18(4,5)12-17(15)20/h10,13H,6-9,11-12H2,1-5H3. The third-order valence-electron chi connectivity index (χ3n) is 4.30. The van der Waals surface area contributed by atoms with E-state index in [9.17, 15) is 4.79 Å². The number of carbonyl (C=O) groups is 1. The summed E-state index contributed by atoms with van der Waals surface area (Å²) >= 11 is 0. The Labute approximate surface area is 128 Å². The molecule has 3 heteroatoms. The lowest BCUT2D eigenvalue weighted by molar-refractivity contribution is 0.0905. The van der Waals surface area contributed by atoms with Crippen molar-refractivity contribution in [2.75, 3.05) is 13.2 Å². The van der Waals surface area contributed by atoms with Crippen LogP contribution in [0.25, 0.3) is 0 Å². The van der Waals surface area contributed by atoms with Crippen molar-refractivity contribution in [3.8, 4) is 0 Å². The van der Waals surface area contributed by atoms with Crippen LogP contribution < -0.4 is 0 Å². The Bertz CT molecular complexity index is 512. The molecule has 1 aromatic rings. The summed E-state index contributed by atoms with van der Waals surface area (Å²) in [5, 5.41) is 0. The van der Waals surface area contributed by atoms with Crippen LogP contribution in [0.1, 0.15) is 62.3 Å². The minimum absolute atomic E-state index is 0.0745. The normalized spacial score (nSPS) is 17.3. The monoisotopic (exact) mass is 291 g/mol. The van der Waals surface area contributed by atoms with Gasteiger partial charge < -0.3 is 9.30 Å². The summed E-state index contributed by atoms with van der Waals surface area (Å²) in [5.41, 5.74) is 3.40. The van der Waals surface area contributed by atoms with E-state index in [2.05, 4.69) is 45.3 Å². The van der Waals surface area contributed by atoms with E-state index in [0.717, 1.165) is 38.2 Å². The lowest BCUT2D eigenvalue weighted by Gasteiger charge is -2.29. The van der Waals surface area contributed by atoms with E-state index in [1.54, 1.807) is 0 Å². The summed E-state index contributed by atoms with van der Waals surface area (Å²) in [6.45, 7) is 13.3. The van der Waals surface area contributed by atoms with Gasteiger partial charge in [0.1, 0.15) is 0 Å². The van der Waals surface area contributed by atoms with Gasteiger partial charge in [0.2, 0.25) is 0 Å². The molecule has 0 aliphatic heterocycles. The zero-order chi connectivity index (χ0) is 15.6. The molecule has 0 aromatic carbocycles. The molecule has 0 amide bonds. The highest BCUT2D eigenvalue weighted by Gasteiger charge is 2.33. The first-order valence-electron chi connectivity index (χ1n) is 8.10. The van der Waals surface area contributed by atoms with Gasteiger partial charge in [-0.1, -0.05) is 27.7 Å². The maximum atomic E-state index is 12.3. The molecule has 1 aromatic heterocycles. The van der Waals surface area contributed by atoms with E-state index in [1.165, 1.54) is 11.4 Å². The summed E-state index contributed by atoms with van der Waals surface area (Å²) in [6.07, 6.45) is 2.75. The highest BCUT2D eigenvalue weighted by atomic mass is 16.5. The molecule has 118 valence electrons. The number of fused-ring (bicyclic) bond motifs is 1. The molecule has 1 heterocycles. The third kappa shape index (κ3) is 3.97. The van der Waals surface area contributed by atoms with Crippen LogP contribution in [0.4, 0.5) is 0 Å². The fraction of sp³-hybridized carbons (Fsp3) is 0.722. The number of rotatable bonds is 6. The van der Waals surface area contributed by atoms with Gasteiger partial charge in [-0.05, 0) is 37.2 Å². The van der Waals surface area contributed by atoms with Crippen molar-refractivity contribution in [2.45, 2.75) is 60.4 Å². The molecule has 0 saturated heterocycles. The van der Waals surface area contributed by atoms with Gasteiger partial charge in [-0.3, -0.25) is 4.79 Å². The predicted octanol–water partition coefficient (Wildman–Crippen LogP) is 4.01. The van der Waals surface area contributed by atoms with Gasteiger partial charge in [-0.25, -0.2) is 0 Å². The van der Waals surface area contributed by atoms with Crippen LogP contribution in [0.2, 0.25) is 0 Å². The van der Waals surface area contributed by atoms with Gasteiger partial charge in [0.05, 0.1) is 6.61 Å². The zero-order valence-electron chi connectivity index (χ0n) is 14.2. The van der Waals surface area contributed by atoms with E-state index in [4.69, 9.17) is 4.74 Å². The average molecular weight is 291 g/mol. The highest BCUT2D eigenvalue weighted by Crippen LogP contribution is 2.36. The molecule has 2 rings (SSSR count). The van der Waals surface area contributed by atoms with Gasteiger partial charge in [0, 0.05) is 36.5 Å². The molecular weight excluding hydrogens is 262 g/mol. The van der Waals surface area contributed by atoms with Crippen molar-refractivity contribution < 1.29 is 9.53 Å². The number of carbonyl (C=O) groups excluding carboxylic acids is 1. The van der Waals surface area contributed by atoms with Crippen LogP contribution in [0.3, 0.4) is 0 Å². The Hall–Kier alpha value is -1.09.